The highest BCUT2D eigenvalue weighted by atomic mass is 35.5. The first-order chi connectivity index (χ1) is 20.3. The van der Waals surface area contributed by atoms with E-state index in [9.17, 15) is 4.79 Å². The van der Waals surface area contributed by atoms with Gasteiger partial charge >= 0.3 is 5.97 Å². The number of nitrogens with one attached hydrogen (secondary N) is 1. The first-order valence-electron chi connectivity index (χ1n) is 14.4. The first kappa shape index (κ1) is 28.2. The monoisotopic (exact) mass is 585 g/mol. The largest absolute Gasteiger partial charge is 0.465 e. The number of fused-ring (bicyclic) bond motifs is 1. The molecular weight excluding hydrogens is 550 g/mol. The molecule has 218 valence electrons. The summed E-state index contributed by atoms with van der Waals surface area (Å²) in [4.78, 5) is 29.5. The van der Waals surface area contributed by atoms with Gasteiger partial charge < -0.3 is 19.4 Å². The standard InChI is InChI=1S/C33H36ClN5O3/c1-33(2)12-10-24(28(19-33)22-4-6-25(34)7-5-22)21-38-14-16-39(17-15-38)29-9-8-27(32(40)41-3)31(37-29)42-26-18-23-11-13-35-30(23)36-20-26/h4-9,11,13,18,20H,10,12,14-17,19,21H2,1-3H3,(H,35,36). The van der Waals surface area contributed by atoms with E-state index in [2.05, 4.69) is 45.7 Å². The van der Waals surface area contributed by atoms with E-state index in [-0.39, 0.29) is 11.4 Å². The second-order valence-electron chi connectivity index (χ2n) is 11.9. The van der Waals surface area contributed by atoms with Gasteiger partial charge in [0.2, 0.25) is 5.88 Å². The molecule has 2 aliphatic rings. The molecule has 0 amide bonds. The average molecular weight is 586 g/mol. The number of nitrogens with zero attached hydrogens (tertiary/aromatic N) is 4. The van der Waals surface area contributed by atoms with Crippen molar-refractivity contribution >= 4 is 40.0 Å². The molecule has 0 radical (unpaired) electrons. The number of H-pyrrole nitrogens is 1. The topological polar surface area (TPSA) is 83.6 Å². The highest BCUT2D eigenvalue weighted by molar-refractivity contribution is 6.30. The number of hydrogen-bond donors (Lipinski definition) is 1. The van der Waals surface area contributed by atoms with E-state index in [0.29, 0.717) is 11.2 Å². The van der Waals surface area contributed by atoms with Crippen molar-refractivity contribution in [2.24, 2.45) is 5.41 Å². The van der Waals surface area contributed by atoms with E-state index < -0.39 is 5.97 Å². The van der Waals surface area contributed by atoms with Gasteiger partial charge in [0.25, 0.3) is 0 Å². The second kappa shape index (κ2) is 11.8. The van der Waals surface area contributed by atoms with Crippen molar-refractivity contribution in [3.63, 3.8) is 0 Å². The van der Waals surface area contributed by atoms with Crippen molar-refractivity contribution < 1.29 is 14.3 Å². The highest BCUT2D eigenvalue weighted by Crippen LogP contribution is 2.43. The summed E-state index contributed by atoms with van der Waals surface area (Å²) in [5, 5.41) is 1.68. The molecule has 42 heavy (non-hydrogen) atoms. The van der Waals surface area contributed by atoms with Crippen LogP contribution in [0.5, 0.6) is 11.6 Å². The van der Waals surface area contributed by atoms with E-state index >= 15 is 0 Å². The maximum atomic E-state index is 12.5. The molecule has 0 spiro atoms. The van der Waals surface area contributed by atoms with Gasteiger partial charge in [0.15, 0.2) is 0 Å². The summed E-state index contributed by atoms with van der Waals surface area (Å²) in [5.41, 5.74) is 5.63. The Hall–Kier alpha value is -3.88. The van der Waals surface area contributed by atoms with Crippen LogP contribution in [-0.4, -0.2) is 65.7 Å². The fourth-order valence-corrected chi connectivity index (χ4v) is 6.03. The third-order valence-corrected chi connectivity index (χ3v) is 8.58. The lowest BCUT2D eigenvalue weighted by molar-refractivity contribution is 0.0597. The Morgan fingerprint density at radius 1 is 1.07 bits per heavy atom. The minimum absolute atomic E-state index is 0.209. The predicted octanol–water partition coefficient (Wildman–Crippen LogP) is 6.98. The van der Waals surface area contributed by atoms with Gasteiger partial charge in [-0.3, -0.25) is 4.90 Å². The number of methoxy groups -OCH3 is 1. The van der Waals surface area contributed by atoms with Crippen LogP contribution < -0.4 is 9.64 Å². The van der Waals surface area contributed by atoms with Gasteiger partial charge in [-0.15, -0.1) is 0 Å². The summed E-state index contributed by atoms with van der Waals surface area (Å²) < 4.78 is 11.1. The number of piperazine rings is 1. The predicted molar refractivity (Wildman–Crippen MR) is 166 cm³/mol. The Morgan fingerprint density at radius 3 is 2.62 bits per heavy atom. The van der Waals surface area contributed by atoms with Gasteiger partial charge in [-0.25, -0.2) is 9.78 Å². The number of esters is 1. The number of rotatable bonds is 7. The number of aromatic amines is 1. The van der Waals surface area contributed by atoms with Crippen molar-refractivity contribution in [1.82, 2.24) is 19.9 Å². The van der Waals surface area contributed by atoms with Crippen LogP contribution in [-0.2, 0) is 4.74 Å². The van der Waals surface area contributed by atoms with Crippen LogP contribution in [0, 0.1) is 5.41 Å². The van der Waals surface area contributed by atoms with Crippen LogP contribution in [0.1, 0.15) is 49.0 Å². The van der Waals surface area contributed by atoms with Gasteiger partial charge in [-0.2, -0.15) is 4.98 Å². The number of carbonyl (C=O) groups excluding carboxylic acids is 1. The molecule has 0 unspecified atom stereocenters. The van der Waals surface area contributed by atoms with E-state index in [1.807, 2.05) is 36.5 Å². The SMILES string of the molecule is COC(=O)c1ccc(N2CCN(CC3=C(c4ccc(Cl)cc4)CC(C)(C)CC3)CC2)nc1Oc1cnc2[nH]ccc2c1. The van der Waals surface area contributed by atoms with Crippen LogP contribution in [0.3, 0.4) is 0 Å². The van der Waals surface area contributed by atoms with Gasteiger partial charge in [0, 0.05) is 49.3 Å². The minimum Gasteiger partial charge on any atom is -0.465 e. The van der Waals surface area contributed by atoms with Crippen molar-refractivity contribution in [3.05, 3.63) is 82.6 Å². The molecular formula is C33H36ClN5O3. The second-order valence-corrected chi connectivity index (χ2v) is 12.3. The van der Waals surface area contributed by atoms with Crippen molar-refractivity contribution in [3.8, 4) is 11.6 Å². The van der Waals surface area contributed by atoms with Crippen LogP contribution in [0.4, 0.5) is 5.82 Å². The molecule has 3 aromatic heterocycles. The maximum absolute atomic E-state index is 12.5. The molecule has 1 N–H and O–H groups in total. The molecule has 0 saturated carbocycles. The maximum Gasteiger partial charge on any atom is 0.343 e. The molecule has 1 saturated heterocycles. The number of anilines is 1. The Bertz CT molecular complexity index is 1620. The smallest absolute Gasteiger partial charge is 0.343 e. The van der Waals surface area contributed by atoms with E-state index in [4.69, 9.17) is 26.1 Å². The van der Waals surface area contributed by atoms with Crippen LogP contribution in [0.2, 0.25) is 5.02 Å². The fourth-order valence-electron chi connectivity index (χ4n) is 5.91. The molecule has 0 atom stereocenters. The number of ether oxygens (including phenoxy) is 2. The van der Waals surface area contributed by atoms with Crippen molar-refractivity contribution in [2.45, 2.75) is 33.1 Å². The quantitative estimate of drug-likeness (QED) is 0.234. The summed E-state index contributed by atoms with van der Waals surface area (Å²) in [5.74, 6) is 0.988. The molecule has 1 fully saturated rings. The van der Waals surface area contributed by atoms with Crippen LogP contribution >= 0.6 is 11.6 Å². The zero-order chi connectivity index (χ0) is 29.3. The molecule has 0 bridgehead atoms. The number of aromatic nitrogens is 3. The molecule has 6 rings (SSSR count). The number of allylic oxidation sites excluding steroid dienone is 1. The van der Waals surface area contributed by atoms with Gasteiger partial charge in [-0.05, 0) is 72.2 Å². The number of carbonyl (C=O) groups is 1. The Morgan fingerprint density at radius 2 is 1.86 bits per heavy atom. The molecule has 1 aromatic carbocycles. The van der Waals surface area contributed by atoms with Crippen molar-refractivity contribution in [1.29, 1.82) is 0 Å². The zero-order valence-electron chi connectivity index (χ0n) is 24.3. The molecule has 8 nitrogen and oxygen atoms in total. The summed E-state index contributed by atoms with van der Waals surface area (Å²) in [6, 6.07) is 15.7. The lowest BCUT2D eigenvalue weighted by Gasteiger charge is -2.39. The summed E-state index contributed by atoms with van der Waals surface area (Å²) in [6.45, 7) is 9.20. The zero-order valence-corrected chi connectivity index (χ0v) is 25.1. The van der Waals surface area contributed by atoms with Crippen LogP contribution in [0.15, 0.2) is 66.5 Å². The van der Waals surface area contributed by atoms with Gasteiger partial charge in [0.1, 0.15) is 22.8 Å². The van der Waals surface area contributed by atoms with Crippen molar-refractivity contribution in [2.75, 3.05) is 44.7 Å². The van der Waals surface area contributed by atoms with E-state index in [1.165, 1.54) is 30.2 Å². The summed E-state index contributed by atoms with van der Waals surface area (Å²) >= 11 is 6.19. The lowest BCUT2D eigenvalue weighted by Crippen LogP contribution is -2.47. The third-order valence-electron chi connectivity index (χ3n) is 8.33. The Kier molecular flexibility index (Phi) is 7.92. The third kappa shape index (κ3) is 6.15. The molecule has 4 heterocycles. The number of pyridine rings is 2. The molecule has 9 heteroatoms. The van der Waals surface area contributed by atoms with Crippen LogP contribution in [0.25, 0.3) is 16.6 Å². The molecule has 1 aliphatic carbocycles. The lowest BCUT2D eigenvalue weighted by atomic mass is 9.72. The van der Waals surface area contributed by atoms with Gasteiger partial charge in [-0.1, -0.05) is 43.2 Å². The average Bonchev–Trinajstić information content (AvgIpc) is 3.46. The van der Waals surface area contributed by atoms with E-state index in [0.717, 1.165) is 67.4 Å². The summed E-state index contributed by atoms with van der Waals surface area (Å²) in [6.07, 6.45) is 6.84. The number of halogens is 1. The minimum atomic E-state index is -0.495. The Labute approximate surface area is 251 Å². The summed E-state index contributed by atoms with van der Waals surface area (Å²) in [7, 11) is 1.35. The highest BCUT2D eigenvalue weighted by Gasteiger charge is 2.29. The normalized spacial score (nSPS) is 17.5. The number of hydrogen-bond acceptors (Lipinski definition) is 7. The molecule has 1 aliphatic heterocycles. The Balaban J connectivity index is 1.18. The first-order valence-corrected chi connectivity index (χ1v) is 14.8. The number of benzene rings is 1. The van der Waals surface area contributed by atoms with Gasteiger partial charge in [0.05, 0.1) is 13.3 Å². The van der Waals surface area contributed by atoms with E-state index in [1.54, 1.807) is 12.3 Å². The fraction of sp³-hybridized carbons (Fsp3) is 0.364. The molecule has 4 aromatic rings.